The predicted octanol–water partition coefficient (Wildman–Crippen LogP) is 4.73. The lowest BCUT2D eigenvalue weighted by molar-refractivity contribution is 0.327. The van der Waals surface area contributed by atoms with Gasteiger partial charge in [0.05, 0.1) is 0 Å². The van der Waals surface area contributed by atoms with Crippen molar-refractivity contribution in [2.45, 2.75) is 33.2 Å². The summed E-state index contributed by atoms with van der Waals surface area (Å²) in [6, 6.07) is 15.5. The Bertz CT molecular complexity index is 626. The lowest BCUT2D eigenvalue weighted by atomic mass is 9.82. The van der Waals surface area contributed by atoms with Crippen molar-refractivity contribution in [1.29, 1.82) is 0 Å². The molecule has 1 aliphatic carbocycles. The van der Waals surface area contributed by atoms with Crippen LogP contribution in [0.3, 0.4) is 0 Å². The standard InChI is InChI=1S/C18H21N.ClH/c1-18(2,3)17(19)13-8-9-16-14(11-13)10-12-6-4-5-7-15(12)16;/h4-9,11,17H,10,19H2,1-3H3;1H/t17-;/m0./s1. The second-order valence-electron chi connectivity index (χ2n) is 6.59. The smallest absolute Gasteiger partial charge is 0.0344 e. The van der Waals surface area contributed by atoms with Gasteiger partial charge in [-0.25, -0.2) is 0 Å². The summed E-state index contributed by atoms with van der Waals surface area (Å²) < 4.78 is 0. The second kappa shape index (κ2) is 5.23. The minimum absolute atomic E-state index is 0. The van der Waals surface area contributed by atoms with Gasteiger partial charge >= 0.3 is 0 Å². The highest BCUT2D eigenvalue weighted by Gasteiger charge is 2.24. The van der Waals surface area contributed by atoms with E-state index in [1.54, 1.807) is 0 Å². The molecule has 1 nitrogen and oxygen atoms in total. The van der Waals surface area contributed by atoms with Gasteiger partial charge in [0.1, 0.15) is 0 Å². The Morgan fingerprint density at radius 2 is 1.60 bits per heavy atom. The zero-order valence-corrected chi connectivity index (χ0v) is 13.1. The molecular formula is C18H22ClN. The van der Waals surface area contributed by atoms with Crippen molar-refractivity contribution in [1.82, 2.24) is 0 Å². The van der Waals surface area contributed by atoms with Gasteiger partial charge in [0.15, 0.2) is 0 Å². The zero-order valence-electron chi connectivity index (χ0n) is 12.3. The number of nitrogens with two attached hydrogens (primary N) is 1. The Morgan fingerprint density at radius 1 is 0.950 bits per heavy atom. The third-order valence-corrected chi connectivity index (χ3v) is 4.11. The molecule has 3 rings (SSSR count). The molecule has 0 bridgehead atoms. The number of hydrogen-bond acceptors (Lipinski definition) is 1. The summed E-state index contributed by atoms with van der Waals surface area (Å²) in [6.07, 6.45) is 1.04. The molecule has 0 radical (unpaired) electrons. The molecule has 0 aromatic heterocycles. The maximum absolute atomic E-state index is 6.37. The summed E-state index contributed by atoms with van der Waals surface area (Å²) in [7, 11) is 0. The third-order valence-electron chi connectivity index (χ3n) is 4.11. The van der Waals surface area contributed by atoms with Crippen LogP contribution >= 0.6 is 12.4 Å². The summed E-state index contributed by atoms with van der Waals surface area (Å²) in [5.74, 6) is 0. The second-order valence-corrected chi connectivity index (χ2v) is 6.59. The maximum atomic E-state index is 6.37. The first-order valence-electron chi connectivity index (χ1n) is 6.93. The van der Waals surface area contributed by atoms with Crippen LogP contribution in [0.25, 0.3) is 11.1 Å². The van der Waals surface area contributed by atoms with Crippen molar-refractivity contribution in [3.05, 3.63) is 59.2 Å². The first-order valence-corrected chi connectivity index (χ1v) is 6.93. The van der Waals surface area contributed by atoms with Crippen LogP contribution in [0.15, 0.2) is 42.5 Å². The SMILES string of the molecule is CC(C)(C)[C@@H](N)c1ccc2c(c1)Cc1ccccc1-2.Cl. The van der Waals surface area contributed by atoms with E-state index in [2.05, 4.69) is 63.2 Å². The first-order chi connectivity index (χ1) is 8.97. The molecule has 0 heterocycles. The van der Waals surface area contributed by atoms with Crippen LogP contribution < -0.4 is 5.73 Å². The van der Waals surface area contributed by atoms with Gasteiger partial charge < -0.3 is 5.73 Å². The number of hydrogen-bond donors (Lipinski definition) is 1. The molecule has 0 saturated heterocycles. The number of halogens is 1. The van der Waals surface area contributed by atoms with Crippen molar-refractivity contribution in [2.24, 2.45) is 11.1 Å². The van der Waals surface area contributed by atoms with Gasteiger partial charge in [0.2, 0.25) is 0 Å². The molecule has 0 fully saturated rings. The molecule has 0 amide bonds. The molecule has 2 aromatic rings. The van der Waals surface area contributed by atoms with Gasteiger partial charge in [-0.3, -0.25) is 0 Å². The normalized spacial score (nSPS) is 14.2. The van der Waals surface area contributed by atoms with Gasteiger partial charge in [-0.1, -0.05) is 63.2 Å². The van der Waals surface area contributed by atoms with Gasteiger partial charge in [-0.2, -0.15) is 0 Å². The van der Waals surface area contributed by atoms with Crippen molar-refractivity contribution in [3.8, 4) is 11.1 Å². The van der Waals surface area contributed by atoms with Gasteiger partial charge in [-0.15, -0.1) is 12.4 Å². The van der Waals surface area contributed by atoms with E-state index in [4.69, 9.17) is 5.73 Å². The van der Waals surface area contributed by atoms with Crippen LogP contribution in [-0.4, -0.2) is 0 Å². The fraction of sp³-hybridized carbons (Fsp3) is 0.333. The van der Waals surface area contributed by atoms with E-state index in [1.807, 2.05) is 0 Å². The molecule has 106 valence electrons. The fourth-order valence-corrected chi connectivity index (χ4v) is 2.86. The molecule has 1 atom stereocenters. The highest BCUT2D eigenvalue weighted by atomic mass is 35.5. The van der Waals surface area contributed by atoms with Crippen LogP contribution in [0.5, 0.6) is 0 Å². The summed E-state index contributed by atoms with van der Waals surface area (Å²) >= 11 is 0. The van der Waals surface area contributed by atoms with E-state index >= 15 is 0 Å². The summed E-state index contributed by atoms with van der Waals surface area (Å²) in [4.78, 5) is 0. The van der Waals surface area contributed by atoms with Crippen molar-refractivity contribution in [3.63, 3.8) is 0 Å². The van der Waals surface area contributed by atoms with Crippen LogP contribution in [0.2, 0.25) is 0 Å². The van der Waals surface area contributed by atoms with E-state index in [1.165, 1.54) is 27.8 Å². The monoisotopic (exact) mass is 287 g/mol. The molecule has 0 aliphatic heterocycles. The number of rotatable bonds is 1. The van der Waals surface area contributed by atoms with Crippen LogP contribution in [-0.2, 0) is 6.42 Å². The Labute approximate surface area is 127 Å². The topological polar surface area (TPSA) is 26.0 Å². The Kier molecular flexibility index (Phi) is 3.95. The van der Waals surface area contributed by atoms with Gasteiger partial charge in [-0.05, 0) is 39.7 Å². The zero-order chi connectivity index (χ0) is 13.6. The first kappa shape index (κ1) is 15.1. The van der Waals surface area contributed by atoms with Crippen LogP contribution in [0, 0.1) is 5.41 Å². The van der Waals surface area contributed by atoms with Crippen molar-refractivity contribution in [2.75, 3.05) is 0 Å². The predicted molar refractivity (Wildman–Crippen MR) is 88.3 cm³/mol. The Balaban J connectivity index is 0.00000147. The molecule has 2 heteroatoms. The summed E-state index contributed by atoms with van der Waals surface area (Å²) in [5.41, 5.74) is 13.3. The summed E-state index contributed by atoms with van der Waals surface area (Å²) in [6.45, 7) is 6.58. The third kappa shape index (κ3) is 2.48. The maximum Gasteiger partial charge on any atom is 0.0344 e. The molecular weight excluding hydrogens is 266 g/mol. The Hall–Kier alpha value is -1.31. The molecule has 0 spiro atoms. The minimum atomic E-state index is 0. The molecule has 0 saturated carbocycles. The highest BCUT2D eigenvalue weighted by Crippen LogP contribution is 2.39. The van der Waals surface area contributed by atoms with E-state index < -0.39 is 0 Å². The Morgan fingerprint density at radius 3 is 2.30 bits per heavy atom. The average molecular weight is 288 g/mol. The van der Waals surface area contributed by atoms with Crippen molar-refractivity contribution >= 4 is 12.4 Å². The van der Waals surface area contributed by atoms with Gasteiger partial charge in [0.25, 0.3) is 0 Å². The largest absolute Gasteiger partial charge is 0.324 e. The number of fused-ring (bicyclic) bond motifs is 3. The van der Waals surface area contributed by atoms with E-state index in [-0.39, 0.29) is 23.9 Å². The van der Waals surface area contributed by atoms with E-state index in [0.29, 0.717) is 0 Å². The highest BCUT2D eigenvalue weighted by molar-refractivity contribution is 5.85. The molecule has 2 N–H and O–H groups in total. The van der Waals surface area contributed by atoms with Crippen molar-refractivity contribution < 1.29 is 0 Å². The lowest BCUT2D eigenvalue weighted by Gasteiger charge is -2.27. The number of benzene rings is 2. The van der Waals surface area contributed by atoms with E-state index in [9.17, 15) is 0 Å². The lowest BCUT2D eigenvalue weighted by Crippen LogP contribution is -2.26. The van der Waals surface area contributed by atoms with E-state index in [0.717, 1.165) is 6.42 Å². The quantitative estimate of drug-likeness (QED) is 0.688. The van der Waals surface area contributed by atoms with Crippen LogP contribution in [0.4, 0.5) is 0 Å². The summed E-state index contributed by atoms with van der Waals surface area (Å²) in [5, 5.41) is 0. The molecule has 0 unspecified atom stereocenters. The fourth-order valence-electron chi connectivity index (χ4n) is 2.86. The average Bonchev–Trinajstić information content (AvgIpc) is 2.74. The molecule has 20 heavy (non-hydrogen) atoms. The van der Waals surface area contributed by atoms with Crippen LogP contribution in [0.1, 0.15) is 43.5 Å². The molecule has 2 aromatic carbocycles. The molecule has 1 aliphatic rings. The minimum Gasteiger partial charge on any atom is -0.324 e. The van der Waals surface area contributed by atoms with Gasteiger partial charge in [0, 0.05) is 6.04 Å².